The van der Waals surface area contributed by atoms with Crippen molar-refractivity contribution >= 4 is 11.8 Å². The number of nitrogens with zero attached hydrogens (tertiary/aromatic N) is 2. The number of aliphatic carboxylic acids is 1. The van der Waals surface area contributed by atoms with Crippen molar-refractivity contribution in [1.82, 2.24) is 10.1 Å². The zero-order valence-corrected chi connectivity index (χ0v) is 14.0. The van der Waals surface area contributed by atoms with E-state index in [0.717, 1.165) is 60.8 Å². The van der Waals surface area contributed by atoms with E-state index in [1.54, 1.807) is 0 Å². The summed E-state index contributed by atoms with van der Waals surface area (Å²) in [6, 6.07) is 6.24. The van der Waals surface area contributed by atoms with E-state index in [1.807, 2.05) is 12.1 Å². The van der Waals surface area contributed by atoms with Crippen LogP contribution in [0.3, 0.4) is 0 Å². The van der Waals surface area contributed by atoms with E-state index in [4.69, 9.17) is 14.6 Å². The summed E-state index contributed by atoms with van der Waals surface area (Å²) in [5.74, 6) is 1.02. The first-order valence-electron chi connectivity index (χ1n) is 8.79. The predicted octanol–water partition coefficient (Wildman–Crippen LogP) is 3.10. The average molecular weight is 339 g/mol. The Bertz CT molecular complexity index is 825. The minimum absolute atomic E-state index is 0.0331. The van der Waals surface area contributed by atoms with Crippen LogP contribution in [0.4, 0.5) is 5.82 Å². The maximum absolute atomic E-state index is 10.7. The molecule has 0 bridgehead atoms. The van der Waals surface area contributed by atoms with Crippen LogP contribution in [0, 0.1) is 0 Å². The third-order valence-electron chi connectivity index (χ3n) is 4.73. The summed E-state index contributed by atoms with van der Waals surface area (Å²) in [6.07, 6.45) is 6.97. The number of carbonyl (C=O) groups is 1. The minimum Gasteiger partial charge on any atom is -0.481 e. The number of hydrogen-bond donors (Lipinski definition) is 2. The summed E-state index contributed by atoms with van der Waals surface area (Å²) in [5.41, 5.74) is 4.23. The normalized spacial score (nSPS) is 18.2. The van der Waals surface area contributed by atoms with Gasteiger partial charge in [0, 0.05) is 18.3 Å². The lowest BCUT2D eigenvalue weighted by atomic mass is 10.1. The van der Waals surface area contributed by atoms with Crippen molar-refractivity contribution < 1.29 is 14.4 Å². The Balaban J connectivity index is 1.28. The molecule has 0 spiro atoms. The molecule has 6 nitrogen and oxygen atoms in total. The lowest BCUT2D eigenvalue weighted by Crippen LogP contribution is -2.14. The number of aromatic nitrogens is 2. The van der Waals surface area contributed by atoms with Crippen molar-refractivity contribution in [2.24, 2.45) is 0 Å². The van der Waals surface area contributed by atoms with Gasteiger partial charge in [0.1, 0.15) is 11.6 Å². The number of carboxylic acid groups (broad SMARTS) is 1. The molecule has 1 aliphatic heterocycles. The van der Waals surface area contributed by atoms with Crippen molar-refractivity contribution in [1.29, 1.82) is 0 Å². The number of hydrogen-bond acceptors (Lipinski definition) is 5. The molecule has 1 unspecified atom stereocenters. The molecule has 0 fully saturated rings. The standard InChI is InChI=1S/C19H21N3O3/c23-18(24)10-13-9-16(13)17-11-15(22-25-17)5-1-4-14-7-6-12-3-2-8-20-19(12)21-14/h6-7,9,11,16H,1-5,8,10H2,(H,20,21)(H,23,24). The van der Waals surface area contributed by atoms with E-state index in [9.17, 15) is 4.79 Å². The van der Waals surface area contributed by atoms with Gasteiger partial charge in [-0.25, -0.2) is 4.98 Å². The van der Waals surface area contributed by atoms with Crippen molar-refractivity contribution in [3.05, 3.63) is 52.6 Å². The van der Waals surface area contributed by atoms with Crippen molar-refractivity contribution in [3.8, 4) is 0 Å². The number of nitrogens with one attached hydrogen (secondary N) is 1. The molecule has 0 saturated carbocycles. The second-order valence-electron chi connectivity index (χ2n) is 6.70. The van der Waals surface area contributed by atoms with Crippen LogP contribution in [0.5, 0.6) is 0 Å². The number of fused-ring (bicyclic) bond motifs is 1. The van der Waals surface area contributed by atoms with Gasteiger partial charge in [0.25, 0.3) is 0 Å². The van der Waals surface area contributed by atoms with E-state index in [-0.39, 0.29) is 12.3 Å². The monoisotopic (exact) mass is 339 g/mol. The lowest BCUT2D eigenvalue weighted by Gasteiger charge is -2.17. The number of pyridine rings is 1. The van der Waals surface area contributed by atoms with Gasteiger partial charge in [-0.15, -0.1) is 0 Å². The summed E-state index contributed by atoms with van der Waals surface area (Å²) in [4.78, 5) is 15.4. The fourth-order valence-electron chi connectivity index (χ4n) is 3.33. The third kappa shape index (κ3) is 3.73. The van der Waals surface area contributed by atoms with E-state index in [2.05, 4.69) is 22.6 Å². The molecule has 1 aliphatic carbocycles. The highest BCUT2D eigenvalue weighted by Gasteiger charge is 2.31. The molecule has 2 aromatic heterocycles. The highest BCUT2D eigenvalue weighted by atomic mass is 16.5. The van der Waals surface area contributed by atoms with Crippen LogP contribution in [0.15, 0.2) is 34.4 Å². The Hall–Kier alpha value is -2.63. The van der Waals surface area contributed by atoms with Gasteiger partial charge >= 0.3 is 5.97 Å². The van der Waals surface area contributed by atoms with E-state index < -0.39 is 5.97 Å². The fourth-order valence-corrected chi connectivity index (χ4v) is 3.33. The molecule has 0 saturated heterocycles. The molecule has 0 aromatic carbocycles. The van der Waals surface area contributed by atoms with Crippen LogP contribution < -0.4 is 5.32 Å². The first-order valence-corrected chi connectivity index (χ1v) is 8.79. The second kappa shape index (κ2) is 6.70. The van der Waals surface area contributed by atoms with Crippen LogP contribution in [-0.4, -0.2) is 27.8 Å². The fraction of sp³-hybridized carbons (Fsp3) is 0.421. The molecule has 0 amide bonds. The highest BCUT2D eigenvalue weighted by molar-refractivity contribution is 5.73. The Morgan fingerprint density at radius 1 is 1.32 bits per heavy atom. The van der Waals surface area contributed by atoms with Gasteiger partial charge in [0.15, 0.2) is 0 Å². The van der Waals surface area contributed by atoms with Crippen molar-refractivity contribution in [2.45, 2.75) is 44.4 Å². The molecule has 3 heterocycles. The number of anilines is 1. The Kier molecular flexibility index (Phi) is 4.26. The molecule has 6 heteroatoms. The maximum atomic E-state index is 10.7. The first kappa shape index (κ1) is 15.9. The van der Waals surface area contributed by atoms with E-state index >= 15 is 0 Å². The average Bonchev–Trinajstić information content (AvgIpc) is 3.19. The molecule has 2 aliphatic rings. The number of carboxylic acids is 1. The minimum atomic E-state index is -0.805. The Labute approximate surface area is 145 Å². The van der Waals surface area contributed by atoms with Gasteiger partial charge in [0.05, 0.1) is 18.0 Å². The van der Waals surface area contributed by atoms with Crippen molar-refractivity contribution in [2.75, 3.05) is 11.9 Å². The zero-order valence-electron chi connectivity index (χ0n) is 14.0. The van der Waals surface area contributed by atoms with Crippen LogP contribution in [0.25, 0.3) is 0 Å². The van der Waals surface area contributed by atoms with Crippen molar-refractivity contribution in [3.63, 3.8) is 0 Å². The van der Waals surface area contributed by atoms with Crippen LogP contribution in [0.2, 0.25) is 0 Å². The number of allylic oxidation sites excluding steroid dienone is 1. The molecular formula is C19H21N3O3. The number of aryl methyl sites for hydroxylation is 3. The summed E-state index contributed by atoms with van der Waals surface area (Å²) in [7, 11) is 0. The van der Waals surface area contributed by atoms with Gasteiger partial charge in [-0.05, 0) is 49.3 Å². The largest absolute Gasteiger partial charge is 0.481 e. The van der Waals surface area contributed by atoms with E-state index in [0.29, 0.717) is 0 Å². The van der Waals surface area contributed by atoms with Gasteiger partial charge in [0.2, 0.25) is 0 Å². The third-order valence-corrected chi connectivity index (χ3v) is 4.73. The van der Waals surface area contributed by atoms with Gasteiger partial charge in [-0.2, -0.15) is 0 Å². The highest BCUT2D eigenvalue weighted by Crippen LogP contribution is 2.41. The second-order valence-corrected chi connectivity index (χ2v) is 6.70. The molecule has 2 aromatic rings. The van der Waals surface area contributed by atoms with Gasteiger partial charge in [-0.1, -0.05) is 17.3 Å². The molecular weight excluding hydrogens is 318 g/mol. The molecule has 2 N–H and O–H groups in total. The van der Waals surface area contributed by atoms with Gasteiger partial charge in [-0.3, -0.25) is 4.79 Å². The van der Waals surface area contributed by atoms with Crippen LogP contribution in [-0.2, 0) is 24.1 Å². The quantitative estimate of drug-likeness (QED) is 0.754. The summed E-state index contributed by atoms with van der Waals surface area (Å²) >= 11 is 0. The summed E-state index contributed by atoms with van der Waals surface area (Å²) in [5, 5.41) is 16.3. The molecule has 25 heavy (non-hydrogen) atoms. The summed E-state index contributed by atoms with van der Waals surface area (Å²) in [6.45, 7) is 1.00. The SMILES string of the molecule is O=C(O)CC1=CC1c1cc(CCCc2ccc3c(n2)NCCC3)no1. The van der Waals surface area contributed by atoms with E-state index in [1.165, 1.54) is 12.0 Å². The zero-order chi connectivity index (χ0) is 17.2. The smallest absolute Gasteiger partial charge is 0.307 e. The molecule has 0 radical (unpaired) electrons. The maximum Gasteiger partial charge on any atom is 0.307 e. The topological polar surface area (TPSA) is 88.2 Å². The molecule has 1 atom stereocenters. The lowest BCUT2D eigenvalue weighted by molar-refractivity contribution is -0.136. The molecule has 130 valence electrons. The number of rotatable bonds is 7. The first-order chi connectivity index (χ1) is 12.2. The van der Waals surface area contributed by atoms with Crippen LogP contribution in [0.1, 0.15) is 47.9 Å². The Morgan fingerprint density at radius 2 is 2.20 bits per heavy atom. The summed E-state index contributed by atoms with van der Waals surface area (Å²) < 4.78 is 5.36. The Morgan fingerprint density at radius 3 is 3.08 bits per heavy atom. The van der Waals surface area contributed by atoms with Crippen LogP contribution >= 0.6 is 0 Å². The molecule has 4 rings (SSSR count). The predicted molar refractivity (Wildman–Crippen MR) is 92.7 cm³/mol. The van der Waals surface area contributed by atoms with Gasteiger partial charge < -0.3 is 14.9 Å².